The maximum absolute atomic E-state index is 14.1. The van der Waals surface area contributed by atoms with Crippen molar-refractivity contribution in [3.05, 3.63) is 82.9 Å². The van der Waals surface area contributed by atoms with Crippen molar-refractivity contribution >= 4 is 54.8 Å². The van der Waals surface area contributed by atoms with E-state index in [2.05, 4.69) is 10.3 Å². The van der Waals surface area contributed by atoms with E-state index in [9.17, 15) is 18.0 Å². The van der Waals surface area contributed by atoms with Gasteiger partial charge in [0.05, 0.1) is 29.3 Å². The minimum atomic E-state index is -4.13. The number of thiazole rings is 1. The summed E-state index contributed by atoms with van der Waals surface area (Å²) in [5.74, 6) is -0.963. The number of carbonyl (C=O) groups is 2. The molecule has 4 rings (SSSR count). The van der Waals surface area contributed by atoms with Crippen molar-refractivity contribution in [2.75, 3.05) is 22.8 Å². The number of carbonyl (C=O) groups excluding carboxylic acids is 2. The molecule has 1 aromatic heterocycles. The van der Waals surface area contributed by atoms with Crippen LogP contribution in [0.5, 0.6) is 0 Å². The van der Waals surface area contributed by atoms with Crippen LogP contribution in [0.2, 0.25) is 0 Å². The van der Waals surface area contributed by atoms with Gasteiger partial charge in [0.15, 0.2) is 5.13 Å². The van der Waals surface area contributed by atoms with Crippen molar-refractivity contribution in [2.24, 2.45) is 0 Å². The Morgan fingerprint density at radius 1 is 1.03 bits per heavy atom. The number of anilines is 2. The van der Waals surface area contributed by atoms with Gasteiger partial charge in [-0.2, -0.15) is 0 Å². The third-order valence-corrected chi connectivity index (χ3v) is 8.50. The number of esters is 1. The predicted molar refractivity (Wildman–Crippen MR) is 145 cm³/mol. The van der Waals surface area contributed by atoms with Gasteiger partial charge in [-0.3, -0.25) is 13.9 Å². The first-order valence-electron chi connectivity index (χ1n) is 11.7. The minimum Gasteiger partial charge on any atom is -0.466 e. The van der Waals surface area contributed by atoms with Gasteiger partial charge in [-0.15, -0.1) is 11.3 Å². The van der Waals surface area contributed by atoms with E-state index in [0.717, 1.165) is 32.2 Å². The number of rotatable bonds is 9. The largest absolute Gasteiger partial charge is 0.466 e. The number of hydrogen-bond donors (Lipinski definition) is 1. The number of sulfonamides is 1. The van der Waals surface area contributed by atoms with Crippen molar-refractivity contribution in [1.29, 1.82) is 0 Å². The maximum atomic E-state index is 14.1. The van der Waals surface area contributed by atoms with E-state index in [1.54, 1.807) is 48.7 Å². The Labute approximate surface area is 220 Å². The number of amides is 1. The molecular weight excluding hydrogens is 510 g/mol. The summed E-state index contributed by atoms with van der Waals surface area (Å²) in [7, 11) is -4.13. The number of aromatic nitrogens is 1. The molecule has 0 bridgehead atoms. The van der Waals surface area contributed by atoms with Gasteiger partial charge >= 0.3 is 5.97 Å². The van der Waals surface area contributed by atoms with Gasteiger partial charge in [0.2, 0.25) is 5.91 Å². The van der Waals surface area contributed by atoms with Crippen LogP contribution in [-0.2, 0) is 30.8 Å². The second-order valence-electron chi connectivity index (χ2n) is 8.38. The fraction of sp³-hybridized carbons (Fsp3) is 0.222. The van der Waals surface area contributed by atoms with Gasteiger partial charge in [0.1, 0.15) is 6.54 Å². The van der Waals surface area contributed by atoms with Crippen LogP contribution >= 0.6 is 11.3 Å². The Bertz CT molecular complexity index is 1560. The molecule has 0 atom stereocenters. The zero-order chi connectivity index (χ0) is 26.6. The van der Waals surface area contributed by atoms with Crippen LogP contribution < -0.4 is 9.62 Å². The van der Waals surface area contributed by atoms with E-state index in [1.807, 2.05) is 38.1 Å². The van der Waals surface area contributed by atoms with Crippen LogP contribution in [-0.4, -0.2) is 38.4 Å². The van der Waals surface area contributed by atoms with E-state index in [1.165, 1.54) is 0 Å². The van der Waals surface area contributed by atoms with Crippen LogP contribution in [0.3, 0.4) is 0 Å². The number of ether oxygens (including phenoxy) is 1. The Morgan fingerprint density at radius 2 is 1.76 bits per heavy atom. The average molecular weight is 538 g/mol. The SMILES string of the molecule is CCOC(=O)Cc1csc(NC(=O)CN(c2cccc(C)c2C)S(=O)(=O)c2cccc3ccccc23)n1. The molecule has 1 N–H and O–H groups in total. The molecule has 0 saturated heterocycles. The standard InChI is InChI=1S/C27H27N3O5S2/c1-4-35-26(32)15-21-17-36-27(28-21)29-25(31)16-30(23-13-7-9-18(2)19(23)3)37(33,34)24-14-8-11-20-10-5-6-12-22(20)24/h5-14,17H,4,15-16H2,1-3H3,(H,28,29,31). The van der Waals surface area contributed by atoms with E-state index in [0.29, 0.717) is 16.8 Å². The van der Waals surface area contributed by atoms with Gasteiger partial charge in [0, 0.05) is 10.8 Å². The molecule has 10 heteroatoms. The molecule has 0 radical (unpaired) electrons. The predicted octanol–water partition coefficient (Wildman–Crippen LogP) is 4.85. The summed E-state index contributed by atoms with van der Waals surface area (Å²) in [6.07, 6.45) is -0.00964. The number of benzene rings is 3. The Morgan fingerprint density at radius 3 is 2.54 bits per heavy atom. The first-order chi connectivity index (χ1) is 17.7. The molecular formula is C27H27N3O5S2. The summed E-state index contributed by atoms with van der Waals surface area (Å²) < 4.78 is 34.2. The Balaban J connectivity index is 1.67. The fourth-order valence-corrected chi connectivity index (χ4v) is 6.36. The van der Waals surface area contributed by atoms with Gasteiger partial charge in [0.25, 0.3) is 10.0 Å². The van der Waals surface area contributed by atoms with E-state index in [4.69, 9.17) is 4.74 Å². The van der Waals surface area contributed by atoms with Gasteiger partial charge in [-0.25, -0.2) is 13.4 Å². The Kier molecular flexibility index (Phi) is 7.89. The summed E-state index contributed by atoms with van der Waals surface area (Å²) in [5, 5.41) is 5.96. The molecule has 0 saturated carbocycles. The average Bonchev–Trinajstić information content (AvgIpc) is 3.30. The molecule has 0 unspecified atom stereocenters. The molecule has 0 fully saturated rings. The highest BCUT2D eigenvalue weighted by molar-refractivity contribution is 7.93. The lowest BCUT2D eigenvalue weighted by atomic mass is 10.1. The second kappa shape index (κ2) is 11.1. The summed E-state index contributed by atoms with van der Waals surface area (Å²) in [5.41, 5.74) is 2.54. The lowest BCUT2D eigenvalue weighted by molar-refractivity contribution is -0.142. The number of nitrogens with zero attached hydrogens (tertiary/aromatic N) is 2. The zero-order valence-corrected chi connectivity index (χ0v) is 22.4. The van der Waals surface area contributed by atoms with Crippen LogP contribution in [0, 0.1) is 13.8 Å². The minimum absolute atomic E-state index is 0.00964. The lowest BCUT2D eigenvalue weighted by Crippen LogP contribution is -2.38. The zero-order valence-electron chi connectivity index (χ0n) is 20.7. The molecule has 1 heterocycles. The second-order valence-corrected chi connectivity index (χ2v) is 11.1. The fourth-order valence-electron chi connectivity index (χ4n) is 3.94. The molecule has 3 aromatic carbocycles. The van der Waals surface area contributed by atoms with Gasteiger partial charge in [-0.05, 0) is 49.4 Å². The van der Waals surface area contributed by atoms with Crippen molar-refractivity contribution in [3.63, 3.8) is 0 Å². The first kappa shape index (κ1) is 26.3. The number of hydrogen-bond acceptors (Lipinski definition) is 7. The molecule has 192 valence electrons. The molecule has 0 aliphatic carbocycles. The van der Waals surface area contributed by atoms with Crippen molar-refractivity contribution in [1.82, 2.24) is 4.98 Å². The van der Waals surface area contributed by atoms with Crippen LogP contribution in [0.15, 0.2) is 70.9 Å². The summed E-state index contributed by atoms with van der Waals surface area (Å²) in [6, 6.07) is 17.7. The van der Waals surface area contributed by atoms with Crippen molar-refractivity contribution < 1.29 is 22.7 Å². The van der Waals surface area contributed by atoms with E-state index in [-0.39, 0.29) is 23.1 Å². The maximum Gasteiger partial charge on any atom is 0.311 e. The van der Waals surface area contributed by atoms with E-state index < -0.39 is 28.4 Å². The molecule has 8 nitrogen and oxygen atoms in total. The highest BCUT2D eigenvalue weighted by Crippen LogP contribution is 2.32. The van der Waals surface area contributed by atoms with Crippen molar-refractivity contribution in [3.8, 4) is 0 Å². The molecule has 0 aliphatic heterocycles. The highest BCUT2D eigenvalue weighted by atomic mass is 32.2. The molecule has 0 spiro atoms. The quantitative estimate of drug-likeness (QED) is 0.306. The molecule has 1 amide bonds. The van der Waals surface area contributed by atoms with Crippen LogP contribution in [0.1, 0.15) is 23.7 Å². The van der Waals surface area contributed by atoms with Gasteiger partial charge < -0.3 is 10.1 Å². The summed E-state index contributed by atoms with van der Waals surface area (Å²) in [4.78, 5) is 29.2. The molecule has 37 heavy (non-hydrogen) atoms. The molecule has 4 aromatic rings. The number of aryl methyl sites for hydroxylation is 1. The third-order valence-electron chi connectivity index (χ3n) is 5.88. The first-order valence-corrected chi connectivity index (χ1v) is 14.0. The topological polar surface area (TPSA) is 106 Å². The summed E-state index contributed by atoms with van der Waals surface area (Å²) in [6.45, 7) is 5.26. The van der Waals surface area contributed by atoms with Gasteiger partial charge in [-0.1, -0.05) is 48.5 Å². The normalized spacial score (nSPS) is 11.3. The highest BCUT2D eigenvalue weighted by Gasteiger charge is 2.30. The third kappa shape index (κ3) is 5.81. The van der Waals surface area contributed by atoms with Crippen molar-refractivity contribution in [2.45, 2.75) is 32.1 Å². The van der Waals surface area contributed by atoms with E-state index >= 15 is 0 Å². The number of nitrogens with one attached hydrogen (secondary N) is 1. The van der Waals surface area contributed by atoms with Crippen LogP contribution in [0.4, 0.5) is 10.8 Å². The Hall–Kier alpha value is -3.76. The number of fused-ring (bicyclic) bond motifs is 1. The van der Waals surface area contributed by atoms with Crippen LogP contribution in [0.25, 0.3) is 10.8 Å². The smallest absolute Gasteiger partial charge is 0.311 e. The lowest BCUT2D eigenvalue weighted by Gasteiger charge is -2.26. The summed E-state index contributed by atoms with van der Waals surface area (Å²) >= 11 is 1.15. The monoisotopic (exact) mass is 537 g/mol. The molecule has 0 aliphatic rings.